The highest BCUT2D eigenvalue weighted by Crippen LogP contribution is 2.15. The smallest absolute Gasteiger partial charge is 0.362 e. The Morgan fingerprint density at radius 1 is 0.537 bits per heavy atom. The third kappa shape index (κ3) is 35.8. The predicted octanol–water partition coefficient (Wildman–Crippen LogP) is 12.3. The van der Waals surface area contributed by atoms with Crippen molar-refractivity contribution in [3.05, 3.63) is 12.2 Å². The number of carbonyl (C=O) groups excluding carboxylic acids is 2. The molecule has 0 radical (unpaired) electrons. The molecule has 1 N–H and O–H groups in total. The highest BCUT2D eigenvalue weighted by molar-refractivity contribution is 5.72. The molecular formula is C46H88NO7+. The van der Waals surface area contributed by atoms with Gasteiger partial charge in [0.25, 0.3) is 0 Å². The first kappa shape index (κ1) is 52.1. The minimum Gasteiger partial charge on any atom is -0.477 e. The van der Waals surface area contributed by atoms with Crippen molar-refractivity contribution in [3.63, 3.8) is 0 Å². The van der Waals surface area contributed by atoms with Crippen molar-refractivity contribution in [3.8, 4) is 0 Å². The number of carboxylic acid groups (broad SMARTS) is 1. The van der Waals surface area contributed by atoms with Gasteiger partial charge in [-0.25, -0.2) is 4.79 Å². The Labute approximate surface area is 333 Å². The van der Waals surface area contributed by atoms with E-state index in [1.54, 1.807) is 0 Å². The number of unbranched alkanes of at least 4 members (excludes halogenated alkanes) is 25. The summed E-state index contributed by atoms with van der Waals surface area (Å²) in [6.07, 6.45) is 39.8. The Morgan fingerprint density at radius 3 is 1.33 bits per heavy atom. The number of ether oxygens (including phenoxy) is 3. The van der Waals surface area contributed by atoms with Gasteiger partial charge in [0.15, 0.2) is 12.1 Å². The molecule has 2 atom stereocenters. The number of nitrogens with zero attached hydrogens (tertiary/aromatic N) is 1. The second kappa shape index (κ2) is 38.0. The Bertz CT molecular complexity index is 900. The van der Waals surface area contributed by atoms with Gasteiger partial charge in [0, 0.05) is 19.3 Å². The van der Waals surface area contributed by atoms with Crippen LogP contribution in [-0.4, -0.2) is 80.6 Å². The number of hydrogen-bond acceptors (Lipinski definition) is 6. The van der Waals surface area contributed by atoms with Gasteiger partial charge in [-0.15, -0.1) is 0 Å². The topological polar surface area (TPSA) is 99.1 Å². The maximum atomic E-state index is 12.7. The minimum absolute atomic E-state index is 0.0478. The van der Waals surface area contributed by atoms with Gasteiger partial charge in [0.1, 0.15) is 6.61 Å². The van der Waals surface area contributed by atoms with Crippen molar-refractivity contribution < 1.29 is 38.2 Å². The van der Waals surface area contributed by atoms with Gasteiger partial charge in [-0.3, -0.25) is 9.59 Å². The SMILES string of the molecule is CCCCCCCCCCCCC/C=C/CCCCCCCCCC(=O)OC(COCCC(C(=O)O)[N+](C)(C)C)COC(=O)CCCCCCCCCC. The average Bonchev–Trinajstić information content (AvgIpc) is 3.12. The quantitative estimate of drug-likeness (QED) is 0.0286. The van der Waals surface area contributed by atoms with E-state index in [4.69, 9.17) is 14.2 Å². The zero-order valence-electron chi connectivity index (χ0n) is 36.2. The van der Waals surface area contributed by atoms with Crippen LogP contribution in [0, 0.1) is 0 Å². The molecule has 0 aromatic heterocycles. The summed E-state index contributed by atoms with van der Waals surface area (Å²) >= 11 is 0. The molecule has 8 nitrogen and oxygen atoms in total. The number of allylic oxidation sites excluding steroid dienone is 2. The molecule has 0 fully saturated rings. The average molecular weight is 767 g/mol. The highest BCUT2D eigenvalue weighted by atomic mass is 16.6. The van der Waals surface area contributed by atoms with Gasteiger partial charge in [0.2, 0.25) is 0 Å². The number of carbonyl (C=O) groups is 3. The third-order valence-corrected chi connectivity index (χ3v) is 10.4. The normalized spacial score (nSPS) is 13.0. The van der Waals surface area contributed by atoms with Crippen LogP contribution in [0.3, 0.4) is 0 Å². The summed E-state index contributed by atoms with van der Waals surface area (Å²) in [5.74, 6) is -1.47. The lowest BCUT2D eigenvalue weighted by molar-refractivity contribution is -0.887. The van der Waals surface area contributed by atoms with Gasteiger partial charge in [-0.1, -0.05) is 167 Å². The summed E-state index contributed by atoms with van der Waals surface area (Å²) in [6.45, 7) is 4.72. The fourth-order valence-electron chi connectivity index (χ4n) is 6.85. The molecule has 0 aliphatic heterocycles. The molecule has 0 aromatic rings. The lowest BCUT2D eigenvalue weighted by Gasteiger charge is -2.31. The summed E-state index contributed by atoms with van der Waals surface area (Å²) in [4.78, 5) is 36.8. The van der Waals surface area contributed by atoms with Crippen molar-refractivity contribution in [1.29, 1.82) is 0 Å². The Hall–Kier alpha value is -1.93. The van der Waals surface area contributed by atoms with Crippen molar-refractivity contribution >= 4 is 17.9 Å². The Balaban J connectivity index is 4.17. The molecule has 318 valence electrons. The van der Waals surface area contributed by atoms with E-state index in [9.17, 15) is 19.5 Å². The molecule has 0 aromatic carbocycles. The van der Waals surface area contributed by atoms with E-state index < -0.39 is 18.1 Å². The molecule has 54 heavy (non-hydrogen) atoms. The van der Waals surface area contributed by atoms with Crippen molar-refractivity contribution in [2.75, 3.05) is 41.0 Å². The number of likely N-dealkylation sites (N-methyl/N-ethyl adjacent to an activating group) is 1. The molecule has 2 unspecified atom stereocenters. The second-order valence-electron chi connectivity index (χ2n) is 16.7. The molecule has 0 rings (SSSR count). The van der Waals surface area contributed by atoms with Crippen LogP contribution in [0.1, 0.15) is 213 Å². The fourth-order valence-corrected chi connectivity index (χ4v) is 6.85. The minimum atomic E-state index is -0.874. The van der Waals surface area contributed by atoms with Gasteiger partial charge >= 0.3 is 17.9 Å². The zero-order chi connectivity index (χ0) is 40.0. The molecule has 0 heterocycles. The Kier molecular flexibility index (Phi) is 36.6. The van der Waals surface area contributed by atoms with E-state index in [1.165, 1.54) is 141 Å². The molecule has 0 amide bonds. The number of carboxylic acids is 1. The molecule has 0 aliphatic carbocycles. The standard InChI is InChI=1S/C46H87NO7/c1-6-8-10-12-14-16-17-18-19-20-21-22-23-24-25-26-27-28-29-31-33-35-37-45(49)54-42(40-52-39-38-43(46(50)51)47(3,4)5)41-53-44(48)36-34-32-30-15-13-11-9-7-2/h23-24,42-43H,6-22,25-41H2,1-5H3/p+1/b24-23+. The summed E-state index contributed by atoms with van der Waals surface area (Å²) in [7, 11) is 5.53. The highest BCUT2D eigenvalue weighted by Gasteiger charge is 2.31. The number of rotatable bonds is 41. The van der Waals surface area contributed by atoms with Gasteiger partial charge in [-0.2, -0.15) is 0 Å². The fraction of sp³-hybridized carbons (Fsp3) is 0.891. The van der Waals surface area contributed by atoms with Crippen LogP contribution in [-0.2, 0) is 28.6 Å². The van der Waals surface area contributed by atoms with Crippen LogP contribution in [0.4, 0.5) is 0 Å². The van der Waals surface area contributed by atoms with Crippen LogP contribution in [0.2, 0.25) is 0 Å². The summed E-state index contributed by atoms with van der Waals surface area (Å²) < 4.78 is 17.2. The number of esters is 2. The summed E-state index contributed by atoms with van der Waals surface area (Å²) in [5.41, 5.74) is 0. The van der Waals surface area contributed by atoms with Crippen molar-refractivity contribution in [1.82, 2.24) is 0 Å². The molecular weight excluding hydrogens is 679 g/mol. The second-order valence-corrected chi connectivity index (χ2v) is 16.7. The lowest BCUT2D eigenvalue weighted by Crippen LogP contribution is -2.50. The zero-order valence-corrected chi connectivity index (χ0v) is 36.2. The van der Waals surface area contributed by atoms with E-state index >= 15 is 0 Å². The molecule has 0 aliphatic rings. The van der Waals surface area contributed by atoms with E-state index in [0.29, 0.717) is 19.3 Å². The van der Waals surface area contributed by atoms with E-state index in [-0.39, 0.29) is 36.2 Å². The van der Waals surface area contributed by atoms with E-state index in [0.717, 1.165) is 38.5 Å². The molecule has 0 saturated carbocycles. The largest absolute Gasteiger partial charge is 0.477 e. The van der Waals surface area contributed by atoms with E-state index in [1.807, 2.05) is 21.1 Å². The first-order valence-corrected chi connectivity index (χ1v) is 22.7. The number of quaternary nitrogens is 1. The van der Waals surface area contributed by atoms with Gasteiger partial charge in [0.05, 0.1) is 34.4 Å². The van der Waals surface area contributed by atoms with Crippen molar-refractivity contribution in [2.24, 2.45) is 0 Å². The Morgan fingerprint density at radius 2 is 0.926 bits per heavy atom. The van der Waals surface area contributed by atoms with Crippen LogP contribution in [0.5, 0.6) is 0 Å². The van der Waals surface area contributed by atoms with Gasteiger partial charge < -0.3 is 23.8 Å². The van der Waals surface area contributed by atoms with Crippen LogP contribution < -0.4 is 0 Å². The molecule has 0 bridgehead atoms. The van der Waals surface area contributed by atoms with Crippen LogP contribution in [0.25, 0.3) is 0 Å². The predicted molar refractivity (Wildman–Crippen MR) is 225 cm³/mol. The molecule has 8 heteroatoms. The summed E-state index contributed by atoms with van der Waals surface area (Å²) in [5, 5.41) is 9.60. The lowest BCUT2D eigenvalue weighted by atomic mass is 10.0. The summed E-state index contributed by atoms with van der Waals surface area (Å²) in [6, 6.07) is -0.610. The molecule has 0 spiro atoms. The third-order valence-electron chi connectivity index (χ3n) is 10.4. The van der Waals surface area contributed by atoms with E-state index in [2.05, 4.69) is 26.0 Å². The first-order chi connectivity index (χ1) is 26.1. The maximum Gasteiger partial charge on any atom is 0.362 e. The maximum absolute atomic E-state index is 12.7. The van der Waals surface area contributed by atoms with Crippen molar-refractivity contribution in [2.45, 2.75) is 225 Å². The molecule has 0 saturated heterocycles. The van der Waals surface area contributed by atoms with Gasteiger partial charge in [-0.05, 0) is 38.5 Å². The van der Waals surface area contributed by atoms with Crippen LogP contribution in [0.15, 0.2) is 12.2 Å². The van der Waals surface area contributed by atoms with Crippen LogP contribution >= 0.6 is 0 Å². The first-order valence-electron chi connectivity index (χ1n) is 22.7. The number of hydrogen-bond donors (Lipinski definition) is 1. The monoisotopic (exact) mass is 767 g/mol. The number of aliphatic carboxylic acids is 1.